The molecule has 0 bridgehead atoms. The Labute approximate surface area is 148 Å². The Hall–Kier alpha value is -2.56. The fraction of sp³-hybridized carbons (Fsp3) is 0.400. The van der Waals surface area contributed by atoms with E-state index in [0.29, 0.717) is 5.92 Å². The number of hydrogen-bond donors (Lipinski definition) is 0. The van der Waals surface area contributed by atoms with E-state index in [-0.39, 0.29) is 5.91 Å². The van der Waals surface area contributed by atoms with Gasteiger partial charge in [0.05, 0.1) is 13.3 Å². The van der Waals surface area contributed by atoms with Gasteiger partial charge in [-0.15, -0.1) is 0 Å². The molecule has 0 saturated carbocycles. The van der Waals surface area contributed by atoms with Gasteiger partial charge in [-0.1, -0.05) is 18.2 Å². The second-order valence-electron chi connectivity index (χ2n) is 6.57. The molecule has 0 atom stereocenters. The van der Waals surface area contributed by atoms with Gasteiger partial charge in [-0.2, -0.15) is 5.10 Å². The number of methoxy groups -OCH3 is 1. The average molecular weight is 339 g/mol. The number of carbonyl (C=O) groups is 1. The van der Waals surface area contributed by atoms with E-state index in [1.54, 1.807) is 24.1 Å². The zero-order valence-corrected chi connectivity index (χ0v) is 14.9. The first-order valence-electron chi connectivity index (χ1n) is 8.73. The molecular formula is C20H25N3O2. The molecule has 1 saturated heterocycles. The summed E-state index contributed by atoms with van der Waals surface area (Å²) in [5.41, 5.74) is 2.20. The van der Waals surface area contributed by atoms with Gasteiger partial charge in [0.1, 0.15) is 5.75 Å². The summed E-state index contributed by atoms with van der Waals surface area (Å²) >= 11 is 0. The summed E-state index contributed by atoms with van der Waals surface area (Å²) in [4.78, 5) is 14.3. The van der Waals surface area contributed by atoms with E-state index >= 15 is 0 Å². The van der Waals surface area contributed by atoms with Crippen molar-refractivity contribution in [2.24, 2.45) is 13.0 Å². The molecule has 5 nitrogen and oxygen atoms in total. The second kappa shape index (κ2) is 8.01. The van der Waals surface area contributed by atoms with Crippen molar-refractivity contribution >= 4 is 12.0 Å². The van der Waals surface area contributed by atoms with Crippen LogP contribution in [0.4, 0.5) is 0 Å². The van der Waals surface area contributed by atoms with Crippen LogP contribution in [-0.2, 0) is 18.3 Å². The molecular weight excluding hydrogens is 314 g/mol. The van der Waals surface area contributed by atoms with E-state index in [2.05, 4.69) is 17.2 Å². The van der Waals surface area contributed by atoms with Crippen LogP contribution in [0.15, 0.2) is 42.7 Å². The van der Waals surface area contributed by atoms with Gasteiger partial charge in [0.15, 0.2) is 0 Å². The third kappa shape index (κ3) is 4.50. The Morgan fingerprint density at radius 2 is 2.08 bits per heavy atom. The number of carbonyl (C=O) groups excluding carboxylic acids is 1. The number of aromatic nitrogens is 2. The number of para-hydroxylation sites is 1. The second-order valence-corrected chi connectivity index (χ2v) is 6.57. The molecule has 1 aliphatic heterocycles. The predicted molar refractivity (Wildman–Crippen MR) is 98.2 cm³/mol. The summed E-state index contributed by atoms with van der Waals surface area (Å²) < 4.78 is 7.17. The molecule has 1 fully saturated rings. The summed E-state index contributed by atoms with van der Waals surface area (Å²) in [5, 5.41) is 4.10. The van der Waals surface area contributed by atoms with Gasteiger partial charge < -0.3 is 9.64 Å². The molecule has 1 aliphatic rings. The highest BCUT2D eigenvalue weighted by Gasteiger charge is 2.22. The maximum Gasteiger partial charge on any atom is 0.246 e. The monoisotopic (exact) mass is 339 g/mol. The van der Waals surface area contributed by atoms with Crippen molar-refractivity contribution in [1.82, 2.24) is 14.7 Å². The molecule has 1 aromatic heterocycles. The van der Waals surface area contributed by atoms with Crippen molar-refractivity contribution in [2.75, 3.05) is 20.2 Å². The van der Waals surface area contributed by atoms with Crippen LogP contribution in [0.3, 0.4) is 0 Å². The molecule has 5 heteroatoms. The molecule has 0 radical (unpaired) electrons. The van der Waals surface area contributed by atoms with Crippen LogP contribution < -0.4 is 4.74 Å². The minimum atomic E-state index is 0.0830. The molecule has 132 valence electrons. The minimum absolute atomic E-state index is 0.0830. The number of aryl methyl sites for hydroxylation is 1. The van der Waals surface area contributed by atoms with E-state index in [1.807, 2.05) is 36.4 Å². The maximum atomic E-state index is 12.3. The van der Waals surface area contributed by atoms with Crippen LogP contribution >= 0.6 is 0 Å². The number of benzene rings is 1. The van der Waals surface area contributed by atoms with Crippen LogP contribution in [-0.4, -0.2) is 40.8 Å². The van der Waals surface area contributed by atoms with E-state index in [9.17, 15) is 4.79 Å². The fourth-order valence-corrected chi connectivity index (χ4v) is 3.34. The zero-order valence-electron chi connectivity index (χ0n) is 14.9. The molecule has 2 aromatic rings. The van der Waals surface area contributed by atoms with Crippen molar-refractivity contribution in [2.45, 2.75) is 19.3 Å². The highest BCUT2D eigenvalue weighted by molar-refractivity contribution is 5.91. The quantitative estimate of drug-likeness (QED) is 0.787. The van der Waals surface area contributed by atoms with Crippen LogP contribution in [0.5, 0.6) is 5.75 Å². The van der Waals surface area contributed by atoms with Gasteiger partial charge in [0.2, 0.25) is 5.91 Å². The van der Waals surface area contributed by atoms with E-state index < -0.39 is 0 Å². The lowest BCUT2D eigenvalue weighted by Crippen LogP contribution is -2.38. The first kappa shape index (κ1) is 17.3. The first-order chi connectivity index (χ1) is 12.2. The van der Waals surface area contributed by atoms with Gasteiger partial charge in [-0.05, 0) is 42.9 Å². The summed E-state index contributed by atoms with van der Waals surface area (Å²) in [6.07, 6.45) is 10.2. The molecule has 0 aliphatic carbocycles. The minimum Gasteiger partial charge on any atom is -0.496 e. The normalized spacial score (nSPS) is 15.7. The average Bonchev–Trinajstić information content (AvgIpc) is 3.06. The molecule has 2 heterocycles. The Balaban J connectivity index is 1.51. The van der Waals surface area contributed by atoms with Crippen molar-refractivity contribution in [3.05, 3.63) is 53.9 Å². The lowest BCUT2D eigenvalue weighted by atomic mass is 9.90. The molecule has 25 heavy (non-hydrogen) atoms. The lowest BCUT2D eigenvalue weighted by Gasteiger charge is -2.31. The number of likely N-dealkylation sites (tertiary alicyclic amines) is 1. The molecule has 0 unspecified atom stereocenters. The van der Waals surface area contributed by atoms with Gasteiger partial charge in [0, 0.05) is 38.0 Å². The van der Waals surface area contributed by atoms with Crippen LogP contribution in [0, 0.1) is 5.92 Å². The number of hydrogen-bond acceptors (Lipinski definition) is 3. The molecule has 3 rings (SSSR count). The third-order valence-corrected chi connectivity index (χ3v) is 4.77. The molecule has 1 aromatic carbocycles. The van der Waals surface area contributed by atoms with Gasteiger partial charge in [-0.25, -0.2) is 0 Å². The highest BCUT2D eigenvalue weighted by Crippen LogP contribution is 2.26. The largest absolute Gasteiger partial charge is 0.496 e. The summed E-state index contributed by atoms with van der Waals surface area (Å²) in [6.45, 7) is 1.63. The van der Waals surface area contributed by atoms with E-state index in [1.165, 1.54) is 5.56 Å². The molecule has 0 spiro atoms. The van der Waals surface area contributed by atoms with Gasteiger partial charge in [-0.3, -0.25) is 9.48 Å². The summed E-state index contributed by atoms with van der Waals surface area (Å²) in [6, 6.07) is 8.20. The molecule has 0 N–H and O–H groups in total. The fourth-order valence-electron chi connectivity index (χ4n) is 3.34. The van der Waals surface area contributed by atoms with E-state index in [4.69, 9.17) is 4.74 Å². The van der Waals surface area contributed by atoms with Crippen molar-refractivity contribution in [1.29, 1.82) is 0 Å². The number of rotatable bonds is 5. The zero-order chi connectivity index (χ0) is 17.6. The van der Waals surface area contributed by atoms with Crippen LogP contribution in [0.1, 0.15) is 24.0 Å². The smallest absolute Gasteiger partial charge is 0.246 e. The first-order valence-corrected chi connectivity index (χ1v) is 8.73. The summed E-state index contributed by atoms with van der Waals surface area (Å²) in [7, 11) is 3.58. The van der Waals surface area contributed by atoms with Gasteiger partial charge in [0.25, 0.3) is 0 Å². The Kier molecular flexibility index (Phi) is 5.53. The lowest BCUT2D eigenvalue weighted by molar-refractivity contribution is -0.127. The highest BCUT2D eigenvalue weighted by atomic mass is 16.5. The topological polar surface area (TPSA) is 47.4 Å². The van der Waals surface area contributed by atoms with Crippen LogP contribution in [0.2, 0.25) is 0 Å². The number of amides is 1. The van der Waals surface area contributed by atoms with E-state index in [0.717, 1.165) is 43.7 Å². The Morgan fingerprint density at radius 1 is 1.32 bits per heavy atom. The maximum absolute atomic E-state index is 12.3. The SMILES string of the molecule is COc1ccccc1CC1CCN(C(=O)C=Cc2cnn(C)c2)CC1. The van der Waals surface area contributed by atoms with Crippen molar-refractivity contribution in [3.8, 4) is 5.75 Å². The Bertz CT molecular complexity index is 743. The van der Waals surface area contributed by atoms with Crippen molar-refractivity contribution in [3.63, 3.8) is 0 Å². The summed E-state index contributed by atoms with van der Waals surface area (Å²) in [5.74, 6) is 1.64. The predicted octanol–water partition coefficient (Wildman–Crippen LogP) is 2.92. The third-order valence-electron chi connectivity index (χ3n) is 4.77. The van der Waals surface area contributed by atoms with Crippen molar-refractivity contribution < 1.29 is 9.53 Å². The number of piperidine rings is 1. The number of nitrogens with zero attached hydrogens (tertiary/aromatic N) is 3. The molecule has 1 amide bonds. The Morgan fingerprint density at radius 3 is 2.76 bits per heavy atom. The number of ether oxygens (including phenoxy) is 1. The van der Waals surface area contributed by atoms with Gasteiger partial charge >= 0.3 is 0 Å². The standard InChI is InChI=1S/C20H25N3O2/c1-22-15-17(14-21-22)7-8-20(24)23-11-9-16(10-12-23)13-18-5-3-4-6-19(18)25-2/h3-8,14-16H,9-13H2,1-2H3. The van der Waals surface area contributed by atoms with Crippen LogP contribution in [0.25, 0.3) is 6.08 Å².